The summed E-state index contributed by atoms with van der Waals surface area (Å²) in [6.45, 7) is 15.8. The van der Waals surface area contributed by atoms with E-state index in [2.05, 4.69) is 36.9 Å². The lowest BCUT2D eigenvalue weighted by atomic mass is 10.2. The van der Waals surface area contributed by atoms with Gasteiger partial charge in [-0.2, -0.15) is 0 Å². The molecule has 0 radical (unpaired) electrons. The van der Waals surface area contributed by atoms with Crippen molar-refractivity contribution in [3.05, 3.63) is 12.7 Å². The van der Waals surface area contributed by atoms with Crippen LogP contribution in [0.3, 0.4) is 0 Å². The first-order valence-corrected chi connectivity index (χ1v) is 8.80. The number of carbonyl (C=O) groups excluding carboxylic acids is 1. The summed E-state index contributed by atoms with van der Waals surface area (Å²) in [6.07, 6.45) is 3.55. The van der Waals surface area contributed by atoms with Crippen LogP contribution in [0.4, 0.5) is 0 Å². The van der Waals surface area contributed by atoms with E-state index < -0.39 is 10.4 Å². The van der Waals surface area contributed by atoms with Gasteiger partial charge in [0.1, 0.15) is 0 Å². The maximum Gasteiger partial charge on any atom is 0.243 e. The van der Waals surface area contributed by atoms with Crippen molar-refractivity contribution < 1.29 is 26.4 Å². The first-order valence-electron chi connectivity index (χ1n) is 7.47. The predicted molar refractivity (Wildman–Crippen MR) is 85.9 cm³/mol. The lowest BCUT2D eigenvalue weighted by molar-refractivity contribution is -0.923. The molecule has 8 heteroatoms. The topological polar surface area (TPSA) is 95.5 Å². The van der Waals surface area contributed by atoms with E-state index >= 15 is 0 Å². The number of hydrogen-bond acceptors (Lipinski definition) is 5. The fraction of sp³-hybridized carbons (Fsp3) is 0.786. The summed E-state index contributed by atoms with van der Waals surface area (Å²) < 4.78 is 32.2. The normalized spacial score (nSPS) is 11.3. The van der Waals surface area contributed by atoms with Crippen molar-refractivity contribution in [2.24, 2.45) is 0 Å². The van der Waals surface area contributed by atoms with Gasteiger partial charge < -0.3 is 14.4 Å². The van der Waals surface area contributed by atoms with Crippen molar-refractivity contribution in [3.8, 4) is 0 Å². The lowest BCUT2D eigenvalue weighted by Gasteiger charge is -2.35. The van der Waals surface area contributed by atoms with Gasteiger partial charge in [0, 0.05) is 6.54 Å². The van der Waals surface area contributed by atoms with Gasteiger partial charge in [0.25, 0.3) is 0 Å². The Kier molecular flexibility index (Phi) is 13.3. The van der Waals surface area contributed by atoms with Crippen molar-refractivity contribution >= 4 is 16.3 Å². The summed E-state index contributed by atoms with van der Waals surface area (Å²) in [6, 6.07) is 0. The fourth-order valence-electron chi connectivity index (χ4n) is 2.00. The van der Waals surface area contributed by atoms with Gasteiger partial charge in [0.15, 0.2) is 0 Å². The number of hydrogen-bond donors (Lipinski definition) is 1. The van der Waals surface area contributed by atoms with E-state index in [0.29, 0.717) is 0 Å². The van der Waals surface area contributed by atoms with E-state index in [-0.39, 0.29) is 5.91 Å². The van der Waals surface area contributed by atoms with Crippen LogP contribution in [-0.4, -0.2) is 63.2 Å². The highest BCUT2D eigenvalue weighted by Gasteiger charge is 2.19. The zero-order valence-electron chi connectivity index (χ0n) is 14.1. The Labute approximate surface area is 134 Å². The molecule has 0 aliphatic carbocycles. The van der Waals surface area contributed by atoms with Gasteiger partial charge in [-0.3, -0.25) is 8.98 Å². The van der Waals surface area contributed by atoms with E-state index in [1.54, 1.807) is 0 Å². The molecule has 0 saturated carbocycles. The molecule has 0 aliphatic rings. The van der Waals surface area contributed by atoms with Crippen LogP contribution in [0.15, 0.2) is 12.7 Å². The molecule has 7 nitrogen and oxygen atoms in total. The van der Waals surface area contributed by atoms with Gasteiger partial charge in [0.05, 0.1) is 33.3 Å². The van der Waals surface area contributed by atoms with E-state index in [4.69, 9.17) is 0 Å². The molecule has 0 aromatic rings. The van der Waals surface area contributed by atoms with E-state index in [1.165, 1.54) is 43.2 Å². The van der Waals surface area contributed by atoms with Crippen molar-refractivity contribution in [1.29, 1.82) is 0 Å². The molecule has 0 spiro atoms. The Morgan fingerprint density at radius 1 is 1.23 bits per heavy atom. The molecule has 0 unspecified atom stereocenters. The van der Waals surface area contributed by atoms with Crippen LogP contribution in [0, 0.1) is 0 Å². The smallest absolute Gasteiger partial charge is 0.243 e. The van der Waals surface area contributed by atoms with Crippen LogP contribution in [0.1, 0.15) is 33.6 Å². The molecular formula is C14H30N2O5S. The molecule has 0 rings (SSSR count). The average Bonchev–Trinajstić information content (AvgIpc) is 2.51. The molecule has 0 fully saturated rings. The number of quaternary nitrogens is 1. The molecule has 0 heterocycles. The molecule has 0 saturated heterocycles. The second-order valence-corrected chi connectivity index (χ2v) is 5.94. The Bertz CT molecular complexity index is 397. The highest BCUT2D eigenvalue weighted by atomic mass is 32.3. The van der Waals surface area contributed by atoms with Crippen molar-refractivity contribution in [1.82, 2.24) is 5.32 Å². The maximum absolute atomic E-state index is 10.9. The summed E-state index contributed by atoms with van der Waals surface area (Å²) in [4.78, 5) is 10.9. The maximum atomic E-state index is 10.9. The summed E-state index contributed by atoms with van der Waals surface area (Å²) in [5, 5.41) is 2.81. The van der Waals surface area contributed by atoms with Gasteiger partial charge >= 0.3 is 0 Å². The van der Waals surface area contributed by atoms with Crippen LogP contribution in [0.25, 0.3) is 0 Å². The fourth-order valence-corrected chi connectivity index (χ4v) is 2.00. The lowest BCUT2D eigenvalue weighted by Crippen LogP contribution is -2.48. The molecule has 1 N–H and O–H groups in total. The SMILES string of the molecule is C=CC(=O)NCCCC[N+](CC)(CC)CC.COS(=O)(=O)[O-]. The Morgan fingerprint density at radius 2 is 1.68 bits per heavy atom. The molecule has 22 heavy (non-hydrogen) atoms. The van der Waals surface area contributed by atoms with Gasteiger partial charge in [-0.1, -0.05) is 6.58 Å². The van der Waals surface area contributed by atoms with E-state index in [1.807, 2.05) is 0 Å². The van der Waals surface area contributed by atoms with Crippen LogP contribution in [-0.2, 0) is 19.4 Å². The van der Waals surface area contributed by atoms with Gasteiger partial charge in [-0.05, 0) is 39.7 Å². The number of nitrogens with one attached hydrogen (secondary N) is 1. The van der Waals surface area contributed by atoms with Crippen LogP contribution in [0.2, 0.25) is 0 Å². The minimum Gasteiger partial charge on any atom is -0.726 e. The quantitative estimate of drug-likeness (QED) is 0.211. The molecule has 0 aromatic heterocycles. The zero-order valence-corrected chi connectivity index (χ0v) is 14.9. The molecule has 1 amide bonds. The van der Waals surface area contributed by atoms with E-state index in [0.717, 1.165) is 20.1 Å². The summed E-state index contributed by atoms with van der Waals surface area (Å²) in [5.41, 5.74) is 0. The second kappa shape index (κ2) is 12.6. The summed E-state index contributed by atoms with van der Waals surface area (Å²) >= 11 is 0. The van der Waals surface area contributed by atoms with Crippen molar-refractivity contribution in [3.63, 3.8) is 0 Å². The highest BCUT2D eigenvalue weighted by molar-refractivity contribution is 7.80. The average molecular weight is 338 g/mol. The summed E-state index contributed by atoms with van der Waals surface area (Å²) in [5.74, 6) is -0.0674. The number of carbonyl (C=O) groups is 1. The summed E-state index contributed by atoms with van der Waals surface area (Å²) in [7, 11) is -3.60. The third-order valence-corrected chi connectivity index (χ3v) is 4.17. The minimum atomic E-state index is -4.41. The number of amides is 1. The van der Waals surface area contributed by atoms with Gasteiger partial charge in [0.2, 0.25) is 16.3 Å². The van der Waals surface area contributed by atoms with Crippen molar-refractivity contribution in [2.45, 2.75) is 33.6 Å². The molecule has 0 atom stereocenters. The third kappa shape index (κ3) is 12.8. The minimum absolute atomic E-state index is 0.0674. The zero-order chi connectivity index (χ0) is 17.6. The molecular weight excluding hydrogens is 308 g/mol. The predicted octanol–water partition coefficient (Wildman–Crippen LogP) is 1.04. The van der Waals surface area contributed by atoms with E-state index in [9.17, 15) is 17.8 Å². The molecule has 132 valence electrons. The molecule has 0 aromatic carbocycles. The van der Waals surface area contributed by atoms with Crippen LogP contribution < -0.4 is 5.32 Å². The first-order chi connectivity index (χ1) is 10.2. The van der Waals surface area contributed by atoms with Gasteiger partial charge in [-0.15, -0.1) is 0 Å². The Balaban J connectivity index is 0. The second-order valence-electron chi connectivity index (χ2n) is 4.79. The first kappa shape index (κ1) is 23.3. The Morgan fingerprint density at radius 3 is 2.00 bits per heavy atom. The monoisotopic (exact) mass is 338 g/mol. The number of nitrogens with zero attached hydrogens (tertiary/aromatic N) is 1. The van der Waals surface area contributed by atoms with Crippen LogP contribution in [0.5, 0.6) is 0 Å². The number of rotatable bonds is 10. The standard InChI is InChI=1S/C13H26N2O.CH4O4S/c1-5-13(16)14-11-9-10-12-15(6-2,7-3)8-4;1-5-6(2,3)4/h5H,1,6-12H2,2-4H3;1H3,(H,2,3,4). The van der Waals surface area contributed by atoms with Crippen molar-refractivity contribution in [2.75, 3.05) is 39.8 Å². The third-order valence-electron chi connectivity index (χ3n) is 3.76. The largest absolute Gasteiger partial charge is 0.726 e. The number of unbranched alkanes of at least 4 members (excludes halogenated alkanes) is 1. The Hall–Kier alpha value is -0.960. The van der Waals surface area contributed by atoms with Gasteiger partial charge in [-0.25, -0.2) is 8.42 Å². The highest BCUT2D eigenvalue weighted by Crippen LogP contribution is 2.08. The van der Waals surface area contributed by atoms with Crippen LogP contribution >= 0.6 is 0 Å². The molecule has 0 aliphatic heterocycles. The molecule has 0 bridgehead atoms.